The van der Waals surface area contributed by atoms with Crippen LogP contribution >= 0.6 is 11.6 Å². The van der Waals surface area contributed by atoms with Gasteiger partial charge < -0.3 is 24.4 Å². The Morgan fingerprint density at radius 2 is 1.62 bits per heavy atom. The molecule has 2 aliphatic heterocycles. The maximum absolute atomic E-state index is 11.1. The summed E-state index contributed by atoms with van der Waals surface area (Å²) in [4.78, 5) is 27.8. The fraction of sp³-hybridized carbons (Fsp3) is 0.444. The predicted octanol–water partition coefficient (Wildman–Crippen LogP) is 1.26. The Labute approximate surface area is 187 Å². The lowest BCUT2D eigenvalue weighted by molar-refractivity contribution is -0.385. The van der Waals surface area contributed by atoms with Crippen LogP contribution in [0.4, 0.5) is 23.5 Å². The quantitative estimate of drug-likeness (QED) is 0.361. The van der Waals surface area contributed by atoms with Crippen LogP contribution < -0.4 is 15.2 Å². The van der Waals surface area contributed by atoms with Crippen LogP contribution in [0.2, 0.25) is 5.02 Å². The minimum atomic E-state index is -0.721. The molecule has 0 amide bonds. The molecule has 170 valence electrons. The summed E-state index contributed by atoms with van der Waals surface area (Å²) in [6, 6.07) is 2.43. The van der Waals surface area contributed by atoms with Crippen molar-refractivity contribution in [3.05, 3.63) is 32.8 Å². The van der Waals surface area contributed by atoms with Crippen molar-refractivity contribution in [1.29, 1.82) is 0 Å². The van der Waals surface area contributed by atoms with Gasteiger partial charge in [-0.05, 0) is 6.07 Å². The Kier molecular flexibility index (Phi) is 6.78. The van der Waals surface area contributed by atoms with Crippen molar-refractivity contribution in [1.82, 2.24) is 15.0 Å². The third-order valence-corrected chi connectivity index (χ3v) is 5.07. The number of hydrazone groups is 1. The summed E-state index contributed by atoms with van der Waals surface area (Å²) in [5.74, 6) is 0.631. The van der Waals surface area contributed by atoms with Gasteiger partial charge in [-0.25, -0.2) is 5.43 Å². The Hall–Kier alpha value is -3.29. The minimum absolute atomic E-state index is 0.0764. The van der Waals surface area contributed by atoms with Gasteiger partial charge in [0.2, 0.25) is 23.6 Å². The van der Waals surface area contributed by atoms with Crippen LogP contribution in [0.15, 0.2) is 17.2 Å². The first-order valence-electron chi connectivity index (χ1n) is 9.88. The molecule has 13 nitrogen and oxygen atoms in total. The lowest BCUT2D eigenvalue weighted by Gasteiger charge is -2.30. The van der Waals surface area contributed by atoms with Gasteiger partial charge in [0.05, 0.1) is 37.6 Å². The van der Waals surface area contributed by atoms with Gasteiger partial charge in [-0.2, -0.15) is 20.1 Å². The van der Waals surface area contributed by atoms with E-state index in [-0.39, 0.29) is 16.5 Å². The average molecular weight is 465 g/mol. The van der Waals surface area contributed by atoms with Crippen LogP contribution in [0, 0.1) is 10.1 Å². The second-order valence-corrected chi connectivity index (χ2v) is 7.38. The zero-order valence-corrected chi connectivity index (χ0v) is 17.7. The zero-order valence-electron chi connectivity index (χ0n) is 17.0. The fourth-order valence-corrected chi connectivity index (χ4v) is 3.44. The number of nitro groups is 1. The normalized spacial score (nSPS) is 17.0. The van der Waals surface area contributed by atoms with Crippen molar-refractivity contribution < 1.29 is 19.5 Å². The topological polar surface area (TPSA) is 151 Å². The first-order chi connectivity index (χ1) is 15.5. The highest BCUT2D eigenvalue weighted by atomic mass is 35.5. The van der Waals surface area contributed by atoms with Gasteiger partial charge in [0.1, 0.15) is 0 Å². The van der Waals surface area contributed by atoms with E-state index in [9.17, 15) is 15.2 Å². The van der Waals surface area contributed by atoms with Gasteiger partial charge in [-0.15, -0.1) is 0 Å². The first kappa shape index (κ1) is 21.9. The van der Waals surface area contributed by atoms with Crippen molar-refractivity contribution in [2.24, 2.45) is 5.10 Å². The molecule has 1 aromatic heterocycles. The lowest BCUT2D eigenvalue weighted by Crippen LogP contribution is -2.40. The van der Waals surface area contributed by atoms with Crippen molar-refractivity contribution in [3.8, 4) is 5.75 Å². The predicted molar refractivity (Wildman–Crippen MR) is 117 cm³/mol. The van der Waals surface area contributed by atoms with E-state index in [1.807, 2.05) is 9.80 Å². The van der Waals surface area contributed by atoms with E-state index in [0.29, 0.717) is 64.5 Å². The monoisotopic (exact) mass is 464 g/mol. The Morgan fingerprint density at radius 1 is 1.06 bits per heavy atom. The number of benzene rings is 1. The summed E-state index contributed by atoms with van der Waals surface area (Å²) in [6.07, 6.45) is 1.21. The Morgan fingerprint density at radius 3 is 2.16 bits per heavy atom. The molecule has 2 saturated heterocycles. The molecule has 2 aromatic rings. The number of nitrogens with zero attached hydrogens (tertiary/aromatic N) is 7. The molecular weight excluding hydrogens is 444 g/mol. The molecule has 2 N–H and O–H groups in total. The standard InChI is InChI=1S/C18H21ClN8O5/c19-13-9-12(15(28)14(10-13)27(29)30)11-20-24-16-21-17(25-1-5-31-6-2-25)23-18(22-16)26-3-7-32-8-4-26/h9-11,28H,1-8H2,(H,21,22,23,24)/b20-11-. The first-order valence-corrected chi connectivity index (χ1v) is 10.3. The maximum atomic E-state index is 11.1. The summed E-state index contributed by atoms with van der Waals surface area (Å²) in [7, 11) is 0. The third-order valence-electron chi connectivity index (χ3n) is 4.85. The number of morpholine rings is 2. The largest absolute Gasteiger partial charge is 0.502 e. The summed E-state index contributed by atoms with van der Waals surface area (Å²) in [5, 5.41) is 25.3. The number of ether oxygens (including phenoxy) is 2. The van der Waals surface area contributed by atoms with Crippen molar-refractivity contribution in [3.63, 3.8) is 0 Å². The molecule has 1 aromatic carbocycles. The molecule has 0 bridgehead atoms. The van der Waals surface area contributed by atoms with Crippen LogP contribution in [0.25, 0.3) is 0 Å². The van der Waals surface area contributed by atoms with Crippen molar-refractivity contribution >= 4 is 41.3 Å². The highest BCUT2D eigenvalue weighted by molar-refractivity contribution is 6.31. The number of aromatic hydroxyl groups is 1. The van der Waals surface area contributed by atoms with Crippen LogP contribution in [-0.2, 0) is 9.47 Å². The second-order valence-electron chi connectivity index (χ2n) is 6.95. The van der Waals surface area contributed by atoms with Crippen LogP contribution in [0.5, 0.6) is 5.75 Å². The van der Waals surface area contributed by atoms with Crippen molar-refractivity contribution in [2.75, 3.05) is 67.8 Å². The van der Waals surface area contributed by atoms with Gasteiger partial charge in [0.25, 0.3) is 0 Å². The molecule has 3 heterocycles. The summed E-state index contributed by atoms with van der Waals surface area (Å²) < 4.78 is 10.8. The smallest absolute Gasteiger partial charge is 0.312 e. The number of anilines is 3. The molecule has 2 aliphatic rings. The molecule has 0 unspecified atom stereocenters. The van der Waals surface area contributed by atoms with E-state index in [4.69, 9.17) is 21.1 Å². The number of aromatic nitrogens is 3. The number of nitrogens with one attached hydrogen (secondary N) is 1. The van der Waals surface area contributed by atoms with E-state index in [2.05, 4.69) is 25.5 Å². The second kappa shape index (κ2) is 9.89. The van der Waals surface area contributed by atoms with E-state index >= 15 is 0 Å². The number of hydrogen-bond acceptors (Lipinski definition) is 12. The Bertz CT molecular complexity index is 975. The molecule has 0 spiro atoms. The van der Waals surface area contributed by atoms with E-state index in [1.165, 1.54) is 12.3 Å². The fourth-order valence-electron chi connectivity index (χ4n) is 3.22. The lowest BCUT2D eigenvalue weighted by atomic mass is 10.2. The third kappa shape index (κ3) is 5.12. The molecule has 0 aliphatic carbocycles. The van der Waals surface area contributed by atoms with Crippen LogP contribution in [-0.4, -0.2) is 83.8 Å². The Balaban J connectivity index is 1.59. The van der Waals surface area contributed by atoms with Crippen LogP contribution in [0.1, 0.15) is 5.56 Å². The molecule has 2 fully saturated rings. The number of phenolic OH excluding ortho intramolecular Hbond substituents is 1. The van der Waals surface area contributed by atoms with Crippen LogP contribution in [0.3, 0.4) is 0 Å². The highest BCUT2D eigenvalue weighted by Gasteiger charge is 2.21. The molecule has 4 rings (SSSR count). The van der Waals surface area contributed by atoms with Gasteiger partial charge >= 0.3 is 5.69 Å². The summed E-state index contributed by atoms with van der Waals surface area (Å²) in [6.45, 7) is 4.90. The van der Waals surface area contributed by atoms with E-state index in [0.717, 1.165) is 6.07 Å². The van der Waals surface area contributed by atoms with E-state index in [1.54, 1.807) is 0 Å². The minimum Gasteiger partial charge on any atom is -0.502 e. The SMILES string of the molecule is O=[N+]([O-])c1cc(Cl)cc(/C=N\Nc2nc(N3CCOCC3)nc(N3CCOCC3)n2)c1O. The number of hydrogen-bond donors (Lipinski definition) is 2. The van der Waals surface area contributed by atoms with Crippen molar-refractivity contribution in [2.45, 2.75) is 0 Å². The molecule has 14 heteroatoms. The van der Waals surface area contributed by atoms with Gasteiger partial charge in [-0.1, -0.05) is 11.6 Å². The van der Waals surface area contributed by atoms with Gasteiger partial charge in [0.15, 0.2) is 0 Å². The number of nitro benzene ring substituents is 1. The molecule has 0 saturated carbocycles. The van der Waals surface area contributed by atoms with Gasteiger partial charge in [-0.3, -0.25) is 10.1 Å². The average Bonchev–Trinajstić information content (AvgIpc) is 2.82. The number of phenols is 1. The number of halogens is 1. The summed E-state index contributed by atoms with van der Waals surface area (Å²) in [5.41, 5.74) is 2.28. The molecule has 32 heavy (non-hydrogen) atoms. The molecule has 0 atom stereocenters. The van der Waals surface area contributed by atoms with Gasteiger partial charge in [0, 0.05) is 42.8 Å². The molecule has 0 radical (unpaired) electrons. The number of rotatable bonds is 6. The zero-order chi connectivity index (χ0) is 22.5. The van der Waals surface area contributed by atoms with E-state index < -0.39 is 16.4 Å². The highest BCUT2D eigenvalue weighted by Crippen LogP contribution is 2.32. The summed E-state index contributed by atoms with van der Waals surface area (Å²) >= 11 is 5.91. The maximum Gasteiger partial charge on any atom is 0.312 e. The molecular formula is C18H21ClN8O5.